The normalized spacial score (nSPS) is 21.9. The lowest BCUT2D eigenvalue weighted by Crippen LogP contribution is -2.61. The number of rotatable bonds is 12. The third-order valence-electron chi connectivity index (χ3n) is 6.69. The van der Waals surface area contributed by atoms with E-state index in [0.717, 1.165) is 0 Å². The molecule has 3 amide bonds. The molecule has 2 fully saturated rings. The molecule has 210 valence electrons. The molecule has 4 atom stereocenters. The van der Waals surface area contributed by atoms with E-state index < -0.39 is 41.8 Å². The van der Waals surface area contributed by atoms with Crippen LogP contribution in [0.4, 0.5) is 0 Å². The number of nitrogens with zero attached hydrogens (tertiary/aromatic N) is 1. The lowest BCUT2D eigenvalue weighted by Gasteiger charge is -2.34. The minimum Gasteiger partial charge on any atom is -0.452 e. The standard InChI is InChI=1S/C26H44N4O7/c1-7-8-10-19(12-13-26(5)35-15-16-36-26)25(34)37-21(17(2)3)23(32)28-18(4)24(33)30-14-9-11-20(29-30)22(31)27-6/h7-8,17-21,29H,9-16H2,1-6H3,(H,27,31)(H,28,32)/b8-7+/t18-,19-,20-,21-/m0/s1. The number of amides is 3. The van der Waals surface area contributed by atoms with E-state index in [2.05, 4.69) is 16.1 Å². The SMILES string of the molecule is C/C=C/C[C@@H](CCC1(C)OCCO1)C(=O)O[C@H](C(=O)N[C@@H](C)C(=O)N1CCC[C@@H](C(=O)NC)N1)C(C)C. The zero-order chi connectivity index (χ0) is 27.6. The van der Waals surface area contributed by atoms with Gasteiger partial charge in [0.1, 0.15) is 12.1 Å². The van der Waals surface area contributed by atoms with Crippen molar-refractivity contribution >= 4 is 23.7 Å². The smallest absolute Gasteiger partial charge is 0.310 e. The van der Waals surface area contributed by atoms with Gasteiger partial charge in [-0.15, -0.1) is 0 Å². The van der Waals surface area contributed by atoms with Crippen LogP contribution >= 0.6 is 0 Å². The average Bonchev–Trinajstić information content (AvgIpc) is 3.32. The fraction of sp³-hybridized carbons (Fsp3) is 0.769. The average molecular weight is 525 g/mol. The quantitative estimate of drug-likeness (QED) is 0.258. The third-order valence-corrected chi connectivity index (χ3v) is 6.69. The molecule has 0 bridgehead atoms. The van der Waals surface area contributed by atoms with Crippen molar-refractivity contribution in [2.75, 3.05) is 26.8 Å². The van der Waals surface area contributed by atoms with E-state index in [0.29, 0.717) is 51.9 Å². The van der Waals surface area contributed by atoms with E-state index in [4.69, 9.17) is 14.2 Å². The largest absolute Gasteiger partial charge is 0.452 e. The summed E-state index contributed by atoms with van der Waals surface area (Å²) in [5.74, 6) is -3.08. The third kappa shape index (κ3) is 9.08. The van der Waals surface area contributed by atoms with E-state index >= 15 is 0 Å². The predicted molar refractivity (Wildman–Crippen MR) is 137 cm³/mol. The summed E-state index contributed by atoms with van der Waals surface area (Å²) in [6, 6.07) is -1.38. The summed E-state index contributed by atoms with van der Waals surface area (Å²) in [5.41, 5.74) is 2.93. The van der Waals surface area contributed by atoms with Gasteiger partial charge in [0.2, 0.25) is 5.91 Å². The molecule has 3 N–H and O–H groups in total. The van der Waals surface area contributed by atoms with Crippen molar-refractivity contribution in [3.63, 3.8) is 0 Å². The second-order valence-corrected chi connectivity index (χ2v) is 10.1. The van der Waals surface area contributed by atoms with Crippen LogP contribution in [0.15, 0.2) is 12.2 Å². The Morgan fingerprint density at radius 3 is 2.46 bits per heavy atom. The Morgan fingerprint density at radius 2 is 1.86 bits per heavy atom. The molecule has 2 aliphatic heterocycles. The number of nitrogens with one attached hydrogen (secondary N) is 3. The Balaban J connectivity index is 1.99. The molecule has 0 spiro atoms. The van der Waals surface area contributed by atoms with Crippen molar-refractivity contribution in [3.05, 3.63) is 12.2 Å². The van der Waals surface area contributed by atoms with Gasteiger partial charge < -0.3 is 24.8 Å². The molecule has 0 saturated carbocycles. The number of ether oxygens (including phenoxy) is 3. The minimum atomic E-state index is -1.06. The van der Waals surface area contributed by atoms with Crippen LogP contribution in [0.25, 0.3) is 0 Å². The molecule has 2 heterocycles. The first-order valence-corrected chi connectivity index (χ1v) is 13.2. The molecule has 2 saturated heterocycles. The van der Waals surface area contributed by atoms with Gasteiger partial charge in [-0.05, 0) is 52.4 Å². The molecule has 2 rings (SSSR count). The number of hydrogen-bond donors (Lipinski definition) is 3. The highest BCUT2D eigenvalue weighted by atomic mass is 16.7. The first kappa shape index (κ1) is 30.7. The molecule has 11 nitrogen and oxygen atoms in total. The van der Waals surface area contributed by atoms with Crippen LogP contribution in [-0.4, -0.2) is 79.5 Å². The Morgan fingerprint density at radius 1 is 1.19 bits per heavy atom. The maximum atomic E-state index is 13.1. The number of likely N-dealkylation sites (N-methyl/N-ethyl adjacent to an activating group) is 1. The zero-order valence-corrected chi connectivity index (χ0v) is 23.0. The van der Waals surface area contributed by atoms with Crippen LogP contribution in [0.5, 0.6) is 0 Å². The Kier molecular flexibility index (Phi) is 12.0. The molecular weight excluding hydrogens is 480 g/mol. The zero-order valence-electron chi connectivity index (χ0n) is 23.0. The summed E-state index contributed by atoms with van der Waals surface area (Å²) in [5, 5.41) is 6.63. The molecule has 2 aliphatic rings. The summed E-state index contributed by atoms with van der Waals surface area (Å²) in [6.45, 7) is 10.3. The summed E-state index contributed by atoms with van der Waals surface area (Å²) < 4.78 is 17.0. The van der Waals surface area contributed by atoms with Crippen LogP contribution < -0.4 is 16.1 Å². The topological polar surface area (TPSA) is 135 Å². The number of allylic oxidation sites excluding steroid dienone is 2. The van der Waals surface area contributed by atoms with Crippen LogP contribution in [0.3, 0.4) is 0 Å². The lowest BCUT2D eigenvalue weighted by atomic mass is 9.96. The van der Waals surface area contributed by atoms with Crippen molar-refractivity contribution in [1.29, 1.82) is 0 Å². The van der Waals surface area contributed by atoms with E-state index in [-0.39, 0.29) is 17.7 Å². The maximum Gasteiger partial charge on any atom is 0.310 e. The van der Waals surface area contributed by atoms with E-state index in [1.807, 2.05) is 26.0 Å². The number of hydrazine groups is 1. The Labute approximate surface area is 220 Å². The highest BCUT2D eigenvalue weighted by Crippen LogP contribution is 2.28. The fourth-order valence-corrected chi connectivity index (χ4v) is 4.38. The predicted octanol–water partition coefficient (Wildman–Crippen LogP) is 1.43. The maximum absolute atomic E-state index is 13.1. The second kappa shape index (κ2) is 14.4. The number of esters is 1. The van der Waals surface area contributed by atoms with Gasteiger partial charge in [0.25, 0.3) is 11.8 Å². The molecule has 11 heteroatoms. The molecule has 0 aromatic rings. The van der Waals surface area contributed by atoms with Gasteiger partial charge in [0, 0.05) is 20.0 Å². The molecule has 0 aromatic heterocycles. The summed E-state index contributed by atoms with van der Waals surface area (Å²) in [7, 11) is 1.54. The molecule has 0 radical (unpaired) electrons. The van der Waals surface area contributed by atoms with Crippen molar-refractivity contribution in [2.45, 2.75) is 90.7 Å². The molecule has 0 aliphatic carbocycles. The Hall–Kier alpha value is -2.50. The lowest BCUT2D eigenvalue weighted by molar-refractivity contribution is -0.167. The van der Waals surface area contributed by atoms with E-state index in [9.17, 15) is 19.2 Å². The van der Waals surface area contributed by atoms with Gasteiger partial charge in [-0.25, -0.2) is 5.43 Å². The Bertz CT molecular complexity index is 826. The number of hydrogen-bond acceptors (Lipinski definition) is 8. The fourth-order valence-electron chi connectivity index (χ4n) is 4.38. The minimum absolute atomic E-state index is 0.200. The van der Waals surface area contributed by atoms with Gasteiger partial charge in [0.05, 0.1) is 19.1 Å². The second-order valence-electron chi connectivity index (χ2n) is 10.1. The summed E-state index contributed by atoms with van der Waals surface area (Å²) in [4.78, 5) is 51.1. The van der Waals surface area contributed by atoms with Gasteiger partial charge in [-0.1, -0.05) is 26.0 Å². The van der Waals surface area contributed by atoms with Gasteiger partial charge in [0.15, 0.2) is 11.9 Å². The summed E-state index contributed by atoms with van der Waals surface area (Å²) in [6.07, 6.45) is 5.45. The number of carbonyl (C=O) groups excluding carboxylic acids is 4. The first-order chi connectivity index (χ1) is 17.5. The highest BCUT2D eigenvalue weighted by Gasteiger charge is 2.36. The van der Waals surface area contributed by atoms with Crippen LogP contribution in [0.1, 0.15) is 66.7 Å². The molecule has 0 aromatic carbocycles. The van der Waals surface area contributed by atoms with Gasteiger partial charge in [-0.3, -0.25) is 24.2 Å². The van der Waals surface area contributed by atoms with Crippen molar-refractivity contribution < 1.29 is 33.4 Å². The van der Waals surface area contributed by atoms with Gasteiger partial charge in [-0.2, -0.15) is 0 Å². The van der Waals surface area contributed by atoms with E-state index in [1.54, 1.807) is 27.8 Å². The van der Waals surface area contributed by atoms with Crippen LogP contribution in [0.2, 0.25) is 0 Å². The molecule has 37 heavy (non-hydrogen) atoms. The molecule has 0 unspecified atom stereocenters. The van der Waals surface area contributed by atoms with Crippen molar-refractivity contribution in [2.24, 2.45) is 11.8 Å². The van der Waals surface area contributed by atoms with Crippen LogP contribution in [-0.2, 0) is 33.4 Å². The monoisotopic (exact) mass is 524 g/mol. The molecular formula is C26H44N4O7. The van der Waals surface area contributed by atoms with E-state index in [1.165, 1.54) is 5.01 Å². The van der Waals surface area contributed by atoms with Crippen molar-refractivity contribution in [3.8, 4) is 0 Å². The highest BCUT2D eigenvalue weighted by molar-refractivity contribution is 5.90. The number of carbonyl (C=O) groups is 4. The van der Waals surface area contributed by atoms with Crippen LogP contribution in [0, 0.1) is 11.8 Å². The van der Waals surface area contributed by atoms with Gasteiger partial charge >= 0.3 is 5.97 Å². The van der Waals surface area contributed by atoms with Crippen molar-refractivity contribution in [1.82, 2.24) is 21.1 Å². The summed E-state index contributed by atoms with van der Waals surface area (Å²) >= 11 is 0. The first-order valence-electron chi connectivity index (χ1n) is 13.2.